The minimum Gasteiger partial charge on any atom is -0.352 e. The van der Waals surface area contributed by atoms with E-state index in [2.05, 4.69) is 17.7 Å². The lowest BCUT2D eigenvalue weighted by Crippen LogP contribution is -2.34. The second kappa shape index (κ2) is 6.75. The summed E-state index contributed by atoms with van der Waals surface area (Å²) < 4.78 is 0. The van der Waals surface area contributed by atoms with E-state index in [0.717, 1.165) is 12.1 Å². The number of nitrogens with two attached hydrogens (primary N) is 1. The van der Waals surface area contributed by atoms with E-state index in [4.69, 9.17) is 5.84 Å². The predicted octanol–water partition coefficient (Wildman–Crippen LogP) is 2.84. The van der Waals surface area contributed by atoms with Crippen LogP contribution >= 0.6 is 0 Å². The first-order chi connectivity index (χ1) is 9.61. The Morgan fingerprint density at radius 1 is 1.35 bits per heavy atom. The van der Waals surface area contributed by atoms with Gasteiger partial charge in [0, 0.05) is 6.54 Å². The minimum atomic E-state index is -0.0456. The lowest BCUT2D eigenvalue weighted by molar-refractivity contribution is 0.0937. The molecular weight excluding hydrogens is 250 g/mol. The molecular formula is C16H25N3O. The van der Waals surface area contributed by atoms with E-state index in [1.54, 1.807) is 0 Å². The standard InChI is InChI=1S/C16H25N3O/c1-11-7-8-14(15(9-11)19-17)16(20)18-10-13-6-4-3-5-12(13)2/h7-9,12-13,19H,3-6,10,17H2,1-2H3,(H,18,20). The van der Waals surface area contributed by atoms with Gasteiger partial charge in [-0.25, -0.2) is 0 Å². The molecule has 1 aromatic rings. The number of benzene rings is 1. The number of carbonyl (C=O) groups excluding carboxylic acids is 1. The maximum atomic E-state index is 12.3. The first-order valence-electron chi connectivity index (χ1n) is 7.47. The summed E-state index contributed by atoms with van der Waals surface area (Å²) in [6.45, 7) is 5.03. The van der Waals surface area contributed by atoms with Crippen LogP contribution in [0.1, 0.15) is 48.5 Å². The number of anilines is 1. The number of hydrogen-bond donors (Lipinski definition) is 3. The van der Waals surface area contributed by atoms with Crippen LogP contribution in [-0.4, -0.2) is 12.5 Å². The molecule has 1 amide bonds. The predicted molar refractivity (Wildman–Crippen MR) is 82.4 cm³/mol. The number of hydrazine groups is 1. The van der Waals surface area contributed by atoms with Gasteiger partial charge in [-0.1, -0.05) is 32.3 Å². The molecule has 2 unspecified atom stereocenters. The van der Waals surface area contributed by atoms with Crippen LogP contribution < -0.4 is 16.6 Å². The quantitative estimate of drug-likeness (QED) is 0.584. The van der Waals surface area contributed by atoms with Crippen LogP contribution in [0.25, 0.3) is 0 Å². The Bertz CT molecular complexity index is 473. The molecule has 2 rings (SSSR count). The lowest BCUT2D eigenvalue weighted by atomic mass is 9.80. The van der Waals surface area contributed by atoms with Crippen LogP contribution in [-0.2, 0) is 0 Å². The van der Waals surface area contributed by atoms with E-state index in [9.17, 15) is 4.79 Å². The molecule has 110 valence electrons. The van der Waals surface area contributed by atoms with Gasteiger partial charge in [0.05, 0.1) is 11.3 Å². The molecule has 1 aliphatic carbocycles. The highest BCUT2D eigenvalue weighted by atomic mass is 16.1. The smallest absolute Gasteiger partial charge is 0.253 e. The van der Waals surface area contributed by atoms with Gasteiger partial charge in [-0.2, -0.15) is 0 Å². The molecule has 2 atom stereocenters. The maximum Gasteiger partial charge on any atom is 0.253 e. The van der Waals surface area contributed by atoms with Crippen molar-refractivity contribution in [1.82, 2.24) is 5.32 Å². The van der Waals surface area contributed by atoms with Gasteiger partial charge in [-0.15, -0.1) is 0 Å². The van der Waals surface area contributed by atoms with E-state index in [1.165, 1.54) is 25.7 Å². The van der Waals surface area contributed by atoms with Crippen LogP contribution in [0, 0.1) is 18.8 Å². The molecule has 4 nitrogen and oxygen atoms in total. The van der Waals surface area contributed by atoms with Crippen LogP contribution in [0.5, 0.6) is 0 Å². The van der Waals surface area contributed by atoms with Gasteiger partial charge >= 0.3 is 0 Å². The average Bonchev–Trinajstić information content (AvgIpc) is 2.46. The van der Waals surface area contributed by atoms with Crippen LogP contribution in [0.3, 0.4) is 0 Å². The summed E-state index contributed by atoms with van der Waals surface area (Å²) in [7, 11) is 0. The van der Waals surface area contributed by atoms with Crippen molar-refractivity contribution in [1.29, 1.82) is 0 Å². The highest BCUT2D eigenvalue weighted by Gasteiger charge is 2.22. The fourth-order valence-corrected chi connectivity index (χ4v) is 2.99. The SMILES string of the molecule is Cc1ccc(C(=O)NCC2CCCCC2C)c(NN)c1. The molecule has 1 fully saturated rings. The van der Waals surface area contributed by atoms with Gasteiger partial charge in [-0.3, -0.25) is 10.6 Å². The summed E-state index contributed by atoms with van der Waals surface area (Å²) in [5.41, 5.74) is 4.97. The summed E-state index contributed by atoms with van der Waals surface area (Å²) in [5, 5.41) is 3.06. The Morgan fingerprint density at radius 2 is 2.10 bits per heavy atom. The fraction of sp³-hybridized carbons (Fsp3) is 0.562. The summed E-state index contributed by atoms with van der Waals surface area (Å²) in [5.74, 6) is 6.75. The molecule has 0 radical (unpaired) electrons. The van der Waals surface area contributed by atoms with Crippen molar-refractivity contribution < 1.29 is 4.79 Å². The first-order valence-corrected chi connectivity index (χ1v) is 7.47. The van der Waals surface area contributed by atoms with E-state index in [-0.39, 0.29) is 5.91 Å². The molecule has 0 heterocycles. The molecule has 4 heteroatoms. The monoisotopic (exact) mass is 275 g/mol. The second-order valence-electron chi connectivity index (χ2n) is 5.93. The third kappa shape index (κ3) is 3.51. The number of nitrogen functional groups attached to an aromatic ring is 1. The Hall–Kier alpha value is -1.55. The molecule has 0 bridgehead atoms. The van der Waals surface area contributed by atoms with Crippen molar-refractivity contribution in [3.05, 3.63) is 29.3 Å². The Labute approximate surface area is 121 Å². The van der Waals surface area contributed by atoms with Crippen LogP contribution in [0.2, 0.25) is 0 Å². The van der Waals surface area contributed by atoms with Crippen molar-refractivity contribution >= 4 is 11.6 Å². The lowest BCUT2D eigenvalue weighted by Gasteiger charge is -2.28. The highest BCUT2D eigenvalue weighted by molar-refractivity contribution is 5.99. The van der Waals surface area contributed by atoms with Crippen molar-refractivity contribution in [2.75, 3.05) is 12.0 Å². The van der Waals surface area contributed by atoms with E-state index < -0.39 is 0 Å². The minimum absolute atomic E-state index is 0.0456. The van der Waals surface area contributed by atoms with Gasteiger partial charge < -0.3 is 10.7 Å². The van der Waals surface area contributed by atoms with Crippen molar-refractivity contribution in [3.8, 4) is 0 Å². The number of carbonyl (C=O) groups is 1. The molecule has 1 saturated carbocycles. The zero-order chi connectivity index (χ0) is 14.5. The van der Waals surface area contributed by atoms with Gasteiger partial charge in [-0.05, 0) is 42.9 Å². The van der Waals surface area contributed by atoms with Gasteiger partial charge in [0.15, 0.2) is 0 Å². The fourth-order valence-electron chi connectivity index (χ4n) is 2.99. The topological polar surface area (TPSA) is 67.2 Å². The third-order valence-corrected chi connectivity index (χ3v) is 4.39. The summed E-state index contributed by atoms with van der Waals surface area (Å²) in [4.78, 5) is 12.3. The van der Waals surface area contributed by atoms with Crippen molar-refractivity contribution in [2.45, 2.75) is 39.5 Å². The van der Waals surface area contributed by atoms with Crippen molar-refractivity contribution in [2.24, 2.45) is 17.7 Å². The van der Waals surface area contributed by atoms with Crippen molar-refractivity contribution in [3.63, 3.8) is 0 Å². The van der Waals surface area contributed by atoms with Gasteiger partial charge in [0.2, 0.25) is 0 Å². The normalized spacial score (nSPS) is 22.4. The molecule has 0 aromatic heterocycles. The zero-order valence-electron chi connectivity index (χ0n) is 12.4. The Morgan fingerprint density at radius 3 is 2.80 bits per heavy atom. The number of amides is 1. The Kier molecular flexibility index (Phi) is 5.01. The van der Waals surface area contributed by atoms with Crippen LogP contribution in [0.4, 0.5) is 5.69 Å². The summed E-state index contributed by atoms with van der Waals surface area (Å²) >= 11 is 0. The molecule has 1 aliphatic rings. The largest absolute Gasteiger partial charge is 0.352 e. The summed E-state index contributed by atoms with van der Waals surface area (Å²) in [6, 6.07) is 5.64. The molecule has 20 heavy (non-hydrogen) atoms. The average molecular weight is 275 g/mol. The number of rotatable bonds is 4. The number of nitrogens with one attached hydrogen (secondary N) is 2. The van der Waals surface area contributed by atoms with E-state index in [1.807, 2.05) is 25.1 Å². The molecule has 0 aliphatic heterocycles. The van der Waals surface area contributed by atoms with Gasteiger partial charge in [0.25, 0.3) is 5.91 Å². The number of aryl methyl sites for hydroxylation is 1. The second-order valence-corrected chi connectivity index (χ2v) is 5.93. The summed E-state index contributed by atoms with van der Waals surface area (Å²) in [6.07, 6.45) is 5.11. The Balaban J connectivity index is 1.98. The van der Waals surface area contributed by atoms with E-state index in [0.29, 0.717) is 23.1 Å². The highest BCUT2D eigenvalue weighted by Crippen LogP contribution is 2.29. The molecule has 1 aromatic carbocycles. The molecule has 0 saturated heterocycles. The third-order valence-electron chi connectivity index (χ3n) is 4.39. The first kappa shape index (κ1) is 14.9. The maximum absolute atomic E-state index is 12.3. The number of hydrogen-bond acceptors (Lipinski definition) is 3. The molecule has 0 spiro atoms. The van der Waals surface area contributed by atoms with Crippen LogP contribution in [0.15, 0.2) is 18.2 Å². The zero-order valence-corrected chi connectivity index (χ0v) is 12.4. The van der Waals surface area contributed by atoms with E-state index >= 15 is 0 Å². The van der Waals surface area contributed by atoms with Gasteiger partial charge in [0.1, 0.15) is 0 Å². The molecule has 4 N–H and O–H groups in total.